The molecule has 0 bridgehead atoms. The summed E-state index contributed by atoms with van der Waals surface area (Å²) >= 11 is 0. The molecule has 6 heteroatoms. The Bertz CT molecular complexity index is 465. The number of aryl methyl sites for hydroxylation is 1. The molecule has 21 heavy (non-hydrogen) atoms. The van der Waals surface area contributed by atoms with Crippen molar-refractivity contribution >= 4 is 5.91 Å². The van der Waals surface area contributed by atoms with Gasteiger partial charge in [0.15, 0.2) is 0 Å². The predicted molar refractivity (Wildman–Crippen MR) is 83.3 cm³/mol. The monoisotopic (exact) mass is 293 g/mol. The van der Waals surface area contributed by atoms with Gasteiger partial charge >= 0.3 is 0 Å². The molecule has 1 aliphatic rings. The van der Waals surface area contributed by atoms with Gasteiger partial charge in [-0.1, -0.05) is 0 Å². The average Bonchev–Trinajstić information content (AvgIpc) is 3.12. The normalized spacial score (nSPS) is 15.6. The number of likely N-dealkylation sites (N-methyl/N-ethyl adjacent to an activating group) is 1. The van der Waals surface area contributed by atoms with Gasteiger partial charge in [-0.25, -0.2) is 0 Å². The molecule has 1 amide bonds. The Morgan fingerprint density at radius 1 is 1.38 bits per heavy atom. The maximum Gasteiger partial charge on any atom is 0.257 e. The largest absolute Gasteiger partial charge is 0.340 e. The average molecular weight is 293 g/mol. The van der Waals surface area contributed by atoms with E-state index in [1.165, 1.54) is 12.8 Å². The molecule has 1 fully saturated rings. The lowest BCUT2D eigenvalue weighted by Gasteiger charge is -2.21. The molecule has 2 heterocycles. The van der Waals surface area contributed by atoms with Crippen molar-refractivity contribution in [3.05, 3.63) is 17.5 Å². The molecule has 2 rings (SSSR count). The minimum Gasteiger partial charge on any atom is -0.340 e. The number of nitrogens with zero attached hydrogens (tertiary/aromatic N) is 4. The van der Waals surface area contributed by atoms with Gasteiger partial charge in [0.2, 0.25) is 0 Å². The molecule has 0 saturated carbocycles. The number of carbonyl (C=O) groups is 1. The lowest BCUT2D eigenvalue weighted by atomic mass is 10.2. The second kappa shape index (κ2) is 7.56. The molecule has 1 aromatic rings. The number of nitrogens with two attached hydrogens (primary N) is 1. The lowest BCUT2D eigenvalue weighted by Crippen LogP contribution is -2.35. The second-order valence-corrected chi connectivity index (χ2v) is 5.78. The van der Waals surface area contributed by atoms with Crippen LogP contribution in [0.5, 0.6) is 0 Å². The maximum atomic E-state index is 12.5. The minimum atomic E-state index is 0.0608. The van der Waals surface area contributed by atoms with E-state index in [1.807, 2.05) is 18.7 Å². The Morgan fingerprint density at radius 3 is 2.76 bits per heavy atom. The van der Waals surface area contributed by atoms with Gasteiger partial charge in [-0.3, -0.25) is 9.48 Å². The molecular formula is C15H27N5O. The van der Waals surface area contributed by atoms with Crippen molar-refractivity contribution in [2.75, 3.05) is 39.8 Å². The number of rotatable bonds is 7. The summed E-state index contributed by atoms with van der Waals surface area (Å²) in [6.07, 6.45) is 5.12. The first kappa shape index (κ1) is 16.0. The molecule has 0 radical (unpaired) electrons. The predicted octanol–water partition coefficient (Wildman–Crippen LogP) is 0.708. The lowest BCUT2D eigenvalue weighted by molar-refractivity contribution is 0.0781. The highest BCUT2D eigenvalue weighted by molar-refractivity contribution is 5.94. The summed E-state index contributed by atoms with van der Waals surface area (Å²) in [6, 6.07) is 0. The summed E-state index contributed by atoms with van der Waals surface area (Å²) in [7, 11) is 1.87. The SMILES string of the molecule is Cc1c(C(=O)N(C)CCN2CCCC2)cnn1CCCN. The number of carbonyl (C=O) groups excluding carboxylic acids is 1. The zero-order valence-electron chi connectivity index (χ0n) is 13.2. The van der Waals surface area contributed by atoms with Gasteiger partial charge in [-0.05, 0) is 45.8 Å². The van der Waals surface area contributed by atoms with E-state index in [0.29, 0.717) is 12.1 Å². The Kier molecular flexibility index (Phi) is 5.76. The van der Waals surface area contributed by atoms with Crippen LogP contribution in [0.1, 0.15) is 35.3 Å². The van der Waals surface area contributed by atoms with Crippen molar-refractivity contribution in [2.24, 2.45) is 5.73 Å². The second-order valence-electron chi connectivity index (χ2n) is 5.78. The zero-order valence-corrected chi connectivity index (χ0v) is 13.2. The van der Waals surface area contributed by atoms with Crippen molar-refractivity contribution in [3.8, 4) is 0 Å². The minimum absolute atomic E-state index is 0.0608. The molecule has 0 atom stereocenters. The van der Waals surface area contributed by atoms with Gasteiger partial charge in [0.05, 0.1) is 11.8 Å². The van der Waals surface area contributed by atoms with E-state index < -0.39 is 0 Å². The first-order valence-electron chi connectivity index (χ1n) is 7.83. The number of amides is 1. The van der Waals surface area contributed by atoms with Crippen LogP contribution in [0.2, 0.25) is 0 Å². The summed E-state index contributed by atoms with van der Waals surface area (Å²) in [5, 5.41) is 4.30. The molecule has 0 aromatic carbocycles. The van der Waals surface area contributed by atoms with E-state index in [-0.39, 0.29) is 5.91 Å². The molecule has 118 valence electrons. The molecule has 1 saturated heterocycles. The fraction of sp³-hybridized carbons (Fsp3) is 0.733. The van der Waals surface area contributed by atoms with Gasteiger partial charge in [0, 0.05) is 32.4 Å². The topological polar surface area (TPSA) is 67.4 Å². The third-order valence-electron chi connectivity index (χ3n) is 4.20. The third kappa shape index (κ3) is 4.04. The van der Waals surface area contributed by atoms with E-state index >= 15 is 0 Å². The van der Waals surface area contributed by atoms with Crippen LogP contribution in [0.4, 0.5) is 0 Å². The summed E-state index contributed by atoms with van der Waals surface area (Å²) in [5.41, 5.74) is 7.16. The van der Waals surface area contributed by atoms with E-state index in [4.69, 9.17) is 5.73 Å². The van der Waals surface area contributed by atoms with Crippen molar-refractivity contribution in [1.29, 1.82) is 0 Å². The summed E-state index contributed by atoms with van der Waals surface area (Å²) < 4.78 is 1.87. The van der Waals surface area contributed by atoms with Crippen LogP contribution in [0.3, 0.4) is 0 Å². The van der Waals surface area contributed by atoms with E-state index in [1.54, 1.807) is 11.1 Å². The first-order chi connectivity index (χ1) is 10.1. The Labute approximate surface area is 126 Å². The van der Waals surface area contributed by atoms with E-state index in [9.17, 15) is 4.79 Å². The fourth-order valence-corrected chi connectivity index (χ4v) is 2.73. The number of aromatic nitrogens is 2. The van der Waals surface area contributed by atoms with Gasteiger partial charge < -0.3 is 15.5 Å². The van der Waals surface area contributed by atoms with Gasteiger partial charge in [-0.15, -0.1) is 0 Å². The van der Waals surface area contributed by atoms with Crippen molar-refractivity contribution in [3.63, 3.8) is 0 Å². The smallest absolute Gasteiger partial charge is 0.257 e. The summed E-state index contributed by atoms with van der Waals surface area (Å²) in [6.45, 7) is 7.42. The van der Waals surface area contributed by atoms with Crippen molar-refractivity contribution in [2.45, 2.75) is 32.7 Å². The molecule has 2 N–H and O–H groups in total. The molecular weight excluding hydrogens is 266 g/mol. The zero-order chi connectivity index (χ0) is 15.2. The Hall–Kier alpha value is -1.40. The van der Waals surface area contributed by atoms with Gasteiger partial charge in [-0.2, -0.15) is 5.10 Å². The third-order valence-corrected chi connectivity index (χ3v) is 4.20. The molecule has 1 aliphatic heterocycles. The summed E-state index contributed by atoms with van der Waals surface area (Å²) in [4.78, 5) is 16.7. The van der Waals surface area contributed by atoms with Crippen LogP contribution in [0, 0.1) is 6.92 Å². The molecule has 0 aliphatic carbocycles. The van der Waals surface area contributed by atoms with Crippen molar-refractivity contribution < 1.29 is 4.79 Å². The van der Waals surface area contributed by atoms with Crippen LogP contribution in [0.15, 0.2) is 6.20 Å². The number of hydrogen-bond donors (Lipinski definition) is 1. The number of hydrogen-bond acceptors (Lipinski definition) is 4. The highest BCUT2D eigenvalue weighted by Crippen LogP contribution is 2.11. The Morgan fingerprint density at radius 2 is 2.10 bits per heavy atom. The quantitative estimate of drug-likeness (QED) is 0.804. The van der Waals surface area contributed by atoms with E-state index in [2.05, 4.69) is 10.00 Å². The highest BCUT2D eigenvalue weighted by Gasteiger charge is 2.19. The number of likely N-dealkylation sites (tertiary alicyclic amines) is 1. The molecule has 6 nitrogen and oxygen atoms in total. The molecule has 0 spiro atoms. The van der Waals surface area contributed by atoms with Crippen LogP contribution in [-0.2, 0) is 6.54 Å². The van der Waals surface area contributed by atoms with E-state index in [0.717, 1.165) is 44.8 Å². The Balaban J connectivity index is 1.90. The standard InChI is InChI=1S/C15H27N5O/c1-13-14(12-17-20(13)9-5-6-16)15(21)18(2)10-11-19-7-3-4-8-19/h12H,3-11,16H2,1-2H3. The summed E-state index contributed by atoms with van der Waals surface area (Å²) in [5.74, 6) is 0.0608. The van der Waals surface area contributed by atoms with Crippen LogP contribution >= 0.6 is 0 Å². The van der Waals surface area contributed by atoms with Crippen molar-refractivity contribution in [1.82, 2.24) is 19.6 Å². The maximum absolute atomic E-state index is 12.5. The molecule has 0 unspecified atom stereocenters. The van der Waals surface area contributed by atoms with Gasteiger partial charge in [0.25, 0.3) is 5.91 Å². The highest BCUT2D eigenvalue weighted by atomic mass is 16.2. The van der Waals surface area contributed by atoms with Crippen LogP contribution in [-0.4, -0.2) is 65.3 Å². The fourth-order valence-electron chi connectivity index (χ4n) is 2.73. The van der Waals surface area contributed by atoms with Crippen LogP contribution < -0.4 is 5.73 Å². The molecule has 1 aromatic heterocycles. The first-order valence-corrected chi connectivity index (χ1v) is 7.83. The van der Waals surface area contributed by atoms with Gasteiger partial charge in [0.1, 0.15) is 0 Å². The van der Waals surface area contributed by atoms with Crippen LogP contribution in [0.25, 0.3) is 0 Å².